The van der Waals surface area contributed by atoms with Crippen LogP contribution < -0.4 is 11.1 Å². The third kappa shape index (κ3) is 2.26. The van der Waals surface area contributed by atoms with Gasteiger partial charge in [0, 0.05) is 5.02 Å². The lowest BCUT2D eigenvalue weighted by Gasteiger charge is -2.25. The lowest BCUT2D eigenvalue weighted by Crippen LogP contribution is -2.52. The van der Waals surface area contributed by atoms with Crippen LogP contribution in [0.3, 0.4) is 0 Å². The number of rotatable bonds is 2. The average Bonchev–Trinajstić information content (AvgIpc) is 2.99. The zero-order chi connectivity index (χ0) is 13.5. The molecule has 102 valence electrons. The highest BCUT2D eigenvalue weighted by molar-refractivity contribution is 6.31. The number of benzene rings is 1. The van der Waals surface area contributed by atoms with Gasteiger partial charge in [-0.2, -0.15) is 0 Å². The number of carbonyl (C=O) groups is 1. The van der Waals surface area contributed by atoms with Crippen LogP contribution in [0.15, 0.2) is 18.2 Å². The molecule has 0 aromatic heterocycles. The molecule has 3 nitrogen and oxygen atoms in total. The molecule has 1 aromatic rings. The Morgan fingerprint density at radius 2 is 2.11 bits per heavy atom. The van der Waals surface area contributed by atoms with Gasteiger partial charge in [-0.05, 0) is 42.9 Å². The summed E-state index contributed by atoms with van der Waals surface area (Å²) in [5.74, 6) is 0.00262. The highest BCUT2D eigenvalue weighted by Gasteiger charge is 2.38. The van der Waals surface area contributed by atoms with E-state index in [1.807, 2.05) is 12.1 Å². The number of fused-ring (bicyclic) bond motifs is 1. The molecule has 19 heavy (non-hydrogen) atoms. The van der Waals surface area contributed by atoms with Gasteiger partial charge in [0.05, 0.1) is 11.6 Å². The van der Waals surface area contributed by atoms with E-state index in [1.54, 1.807) is 0 Å². The van der Waals surface area contributed by atoms with Gasteiger partial charge in [-0.15, -0.1) is 0 Å². The van der Waals surface area contributed by atoms with Gasteiger partial charge in [-0.3, -0.25) is 4.79 Å². The smallest absolute Gasteiger partial charge is 0.240 e. The third-order valence-electron chi connectivity index (χ3n) is 4.47. The maximum atomic E-state index is 12.3. The second-order valence-corrected chi connectivity index (χ2v) is 6.14. The zero-order valence-electron chi connectivity index (χ0n) is 10.9. The summed E-state index contributed by atoms with van der Waals surface area (Å²) >= 11 is 6.19. The van der Waals surface area contributed by atoms with E-state index < -0.39 is 5.54 Å². The van der Waals surface area contributed by atoms with Crippen molar-refractivity contribution in [3.63, 3.8) is 0 Å². The standard InChI is InChI=1S/C15H19ClN2O/c16-12-5-3-4-11-10(12)6-7-13(11)18-14(19)15(17)8-1-2-9-15/h3-5,13H,1-2,6-9,17H2,(H,18,19). The fourth-order valence-corrected chi connectivity index (χ4v) is 3.57. The number of carbonyl (C=O) groups excluding carboxylic acids is 1. The quantitative estimate of drug-likeness (QED) is 0.874. The van der Waals surface area contributed by atoms with E-state index in [4.69, 9.17) is 17.3 Å². The summed E-state index contributed by atoms with van der Waals surface area (Å²) in [6.07, 6.45) is 5.55. The van der Waals surface area contributed by atoms with Crippen molar-refractivity contribution in [1.82, 2.24) is 5.32 Å². The van der Waals surface area contributed by atoms with Crippen LogP contribution in [0.5, 0.6) is 0 Å². The van der Waals surface area contributed by atoms with Crippen LogP contribution in [0.1, 0.15) is 49.3 Å². The highest BCUT2D eigenvalue weighted by Crippen LogP contribution is 2.36. The van der Waals surface area contributed by atoms with E-state index in [9.17, 15) is 4.79 Å². The van der Waals surface area contributed by atoms with Gasteiger partial charge in [0.1, 0.15) is 0 Å². The van der Waals surface area contributed by atoms with Crippen LogP contribution in [-0.2, 0) is 11.2 Å². The Hall–Kier alpha value is -1.06. The zero-order valence-corrected chi connectivity index (χ0v) is 11.7. The topological polar surface area (TPSA) is 55.1 Å². The van der Waals surface area contributed by atoms with Gasteiger partial charge in [-0.25, -0.2) is 0 Å². The highest BCUT2D eigenvalue weighted by atomic mass is 35.5. The number of amides is 1. The minimum atomic E-state index is -0.651. The summed E-state index contributed by atoms with van der Waals surface area (Å²) in [5.41, 5.74) is 7.87. The van der Waals surface area contributed by atoms with Crippen LogP contribution in [-0.4, -0.2) is 11.4 Å². The largest absolute Gasteiger partial charge is 0.348 e. The predicted octanol–water partition coefficient (Wildman–Crippen LogP) is 2.72. The monoisotopic (exact) mass is 278 g/mol. The number of hydrogen-bond donors (Lipinski definition) is 2. The Morgan fingerprint density at radius 3 is 2.84 bits per heavy atom. The second-order valence-electron chi connectivity index (χ2n) is 5.74. The first kappa shape index (κ1) is 12.9. The van der Waals surface area contributed by atoms with E-state index in [0.717, 1.165) is 49.1 Å². The second kappa shape index (κ2) is 4.80. The normalized spacial score (nSPS) is 24.2. The number of hydrogen-bond acceptors (Lipinski definition) is 2. The Balaban J connectivity index is 1.76. The lowest BCUT2D eigenvalue weighted by molar-refractivity contribution is -0.126. The van der Waals surface area contributed by atoms with Gasteiger partial charge >= 0.3 is 0 Å². The van der Waals surface area contributed by atoms with Crippen molar-refractivity contribution >= 4 is 17.5 Å². The fraction of sp³-hybridized carbons (Fsp3) is 0.533. The molecule has 0 heterocycles. The number of nitrogens with two attached hydrogens (primary N) is 1. The summed E-state index contributed by atoms with van der Waals surface area (Å²) in [7, 11) is 0. The van der Waals surface area contributed by atoms with Gasteiger partial charge < -0.3 is 11.1 Å². The molecule has 1 aromatic carbocycles. The summed E-state index contributed by atoms with van der Waals surface area (Å²) < 4.78 is 0. The van der Waals surface area contributed by atoms with E-state index >= 15 is 0 Å². The van der Waals surface area contributed by atoms with Crippen LogP contribution >= 0.6 is 11.6 Å². The summed E-state index contributed by atoms with van der Waals surface area (Å²) in [6.45, 7) is 0. The first-order chi connectivity index (χ1) is 9.10. The Morgan fingerprint density at radius 1 is 1.37 bits per heavy atom. The van der Waals surface area contributed by atoms with Crippen molar-refractivity contribution in [1.29, 1.82) is 0 Å². The number of halogens is 1. The molecule has 0 radical (unpaired) electrons. The van der Waals surface area contributed by atoms with E-state index in [0.29, 0.717) is 0 Å². The molecule has 0 bridgehead atoms. The molecule has 1 fully saturated rings. The minimum Gasteiger partial charge on any atom is -0.348 e. The van der Waals surface area contributed by atoms with Crippen molar-refractivity contribution in [2.45, 2.75) is 50.1 Å². The molecule has 3 N–H and O–H groups in total. The van der Waals surface area contributed by atoms with Crippen molar-refractivity contribution < 1.29 is 4.79 Å². The average molecular weight is 279 g/mol. The third-order valence-corrected chi connectivity index (χ3v) is 4.82. The van der Waals surface area contributed by atoms with Crippen LogP contribution in [0, 0.1) is 0 Å². The minimum absolute atomic E-state index is 0.00262. The van der Waals surface area contributed by atoms with Crippen molar-refractivity contribution in [2.24, 2.45) is 5.73 Å². The summed E-state index contributed by atoms with van der Waals surface area (Å²) in [6, 6.07) is 5.98. The first-order valence-corrected chi connectivity index (χ1v) is 7.35. The van der Waals surface area contributed by atoms with Gasteiger partial charge in [0.2, 0.25) is 5.91 Å². The molecule has 4 heteroatoms. The molecule has 0 aliphatic heterocycles. The summed E-state index contributed by atoms with van der Waals surface area (Å²) in [5, 5.41) is 3.93. The molecule has 0 spiro atoms. The van der Waals surface area contributed by atoms with E-state index in [2.05, 4.69) is 11.4 Å². The van der Waals surface area contributed by atoms with Crippen LogP contribution in [0.2, 0.25) is 5.02 Å². The van der Waals surface area contributed by atoms with Crippen molar-refractivity contribution in [3.8, 4) is 0 Å². The summed E-state index contributed by atoms with van der Waals surface area (Å²) in [4.78, 5) is 12.3. The molecule has 3 rings (SSSR count). The molecule has 0 saturated heterocycles. The molecule has 1 saturated carbocycles. The van der Waals surface area contributed by atoms with E-state index in [1.165, 1.54) is 5.56 Å². The predicted molar refractivity (Wildman–Crippen MR) is 76.0 cm³/mol. The van der Waals surface area contributed by atoms with Crippen molar-refractivity contribution in [2.75, 3.05) is 0 Å². The molecule has 1 amide bonds. The van der Waals surface area contributed by atoms with Crippen LogP contribution in [0.4, 0.5) is 0 Å². The van der Waals surface area contributed by atoms with Crippen LogP contribution in [0.25, 0.3) is 0 Å². The number of nitrogens with one attached hydrogen (secondary N) is 1. The SMILES string of the molecule is NC1(C(=O)NC2CCc3c(Cl)cccc32)CCCC1. The maximum Gasteiger partial charge on any atom is 0.240 e. The molecular formula is C15H19ClN2O. The molecule has 1 unspecified atom stereocenters. The first-order valence-electron chi connectivity index (χ1n) is 6.97. The van der Waals surface area contributed by atoms with Gasteiger partial charge in [0.15, 0.2) is 0 Å². The van der Waals surface area contributed by atoms with Crippen molar-refractivity contribution in [3.05, 3.63) is 34.3 Å². The fourth-order valence-electron chi connectivity index (χ4n) is 3.29. The maximum absolute atomic E-state index is 12.3. The molecular weight excluding hydrogens is 260 g/mol. The Bertz CT molecular complexity index is 509. The Labute approximate surface area is 118 Å². The molecule has 2 aliphatic rings. The molecule has 1 atom stereocenters. The lowest BCUT2D eigenvalue weighted by atomic mass is 9.97. The molecule has 2 aliphatic carbocycles. The van der Waals surface area contributed by atoms with Gasteiger partial charge in [0.25, 0.3) is 0 Å². The van der Waals surface area contributed by atoms with Gasteiger partial charge in [-0.1, -0.05) is 36.6 Å². The Kier molecular flexibility index (Phi) is 3.27. The van der Waals surface area contributed by atoms with E-state index in [-0.39, 0.29) is 11.9 Å².